The van der Waals surface area contributed by atoms with Gasteiger partial charge in [0, 0.05) is 0 Å². The van der Waals surface area contributed by atoms with Gasteiger partial charge in [0.15, 0.2) is 0 Å². The molecular weight excluding hydrogens is 671 g/mol. The molecule has 45 heavy (non-hydrogen) atoms. The Labute approximate surface area is 263 Å². The summed E-state index contributed by atoms with van der Waals surface area (Å²) in [5.41, 5.74) is 2.61. The van der Waals surface area contributed by atoms with Gasteiger partial charge in [0.1, 0.15) is 0 Å². The van der Waals surface area contributed by atoms with Gasteiger partial charge in [-0.25, -0.2) is 0 Å². The van der Waals surface area contributed by atoms with E-state index in [0.717, 1.165) is 21.5 Å². The van der Waals surface area contributed by atoms with Gasteiger partial charge in [-0.05, 0) is 0 Å². The Morgan fingerprint density at radius 1 is 0.311 bits per heavy atom. The molecule has 0 aliphatic rings. The number of hydrogen-bond acceptors (Lipinski definition) is 8. The standard InChI is InChI=1S/4C9H7NO.Sn/c4*11-8-5-1-3-7-4-2-6-10-9(7)8;/h4*1-6,11H;/q;;;;+4/p-4. The average Bonchev–Trinajstić information content (AvgIpc) is 3.09. The van der Waals surface area contributed by atoms with Gasteiger partial charge in [-0.2, -0.15) is 0 Å². The Hall–Kier alpha value is -5.48. The molecule has 0 atom stereocenters. The average molecular weight is 695 g/mol. The maximum atomic E-state index is 6.97. The van der Waals surface area contributed by atoms with Crippen LogP contribution in [0.25, 0.3) is 43.6 Å². The summed E-state index contributed by atoms with van der Waals surface area (Å²) in [6.45, 7) is 0. The molecule has 8 aromatic rings. The predicted molar refractivity (Wildman–Crippen MR) is 175 cm³/mol. The summed E-state index contributed by atoms with van der Waals surface area (Å²) in [7, 11) is 0. The summed E-state index contributed by atoms with van der Waals surface area (Å²) in [6.07, 6.45) is 6.92. The topological polar surface area (TPSA) is 88.5 Å². The molecule has 4 aromatic carbocycles. The Bertz CT molecular complexity index is 1980. The van der Waals surface area contributed by atoms with Crippen LogP contribution in [0.1, 0.15) is 0 Å². The first-order chi connectivity index (χ1) is 22.2. The fourth-order valence-electron chi connectivity index (χ4n) is 5.30. The summed E-state index contributed by atoms with van der Waals surface area (Å²) in [5, 5.41) is 3.61. The summed E-state index contributed by atoms with van der Waals surface area (Å²) < 4.78 is 27.9. The van der Waals surface area contributed by atoms with Crippen molar-refractivity contribution in [1.82, 2.24) is 19.9 Å². The van der Waals surface area contributed by atoms with Crippen molar-refractivity contribution < 1.29 is 12.3 Å². The molecule has 0 saturated heterocycles. The van der Waals surface area contributed by atoms with Crippen molar-refractivity contribution in [2.45, 2.75) is 0 Å². The van der Waals surface area contributed by atoms with Crippen molar-refractivity contribution in [3.8, 4) is 23.0 Å². The van der Waals surface area contributed by atoms with Crippen LogP contribution in [-0.2, 0) is 0 Å². The van der Waals surface area contributed by atoms with Crippen LogP contribution in [0.15, 0.2) is 146 Å². The van der Waals surface area contributed by atoms with E-state index in [1.54, 1.807) is 24.8 Å². The van der Waals surface area contributed by atoms with Gasteiger partial charge in [0.05, 0.1) is 0 Å². The van der Waals surface area contributed by atoms with Crippen LogP contribution in [0.3, 0.4) is 0 Å². The molecule has 8 nitrogen and oxygen atoms in total. The van der Waals surface area contributed by atoms with E-state index in [1.807, 2.05) is 121 Å². The van der Waals surface area contributed by atoms with E-state index in [-0.39, 0.29) is 0 Å². The van der Waals surface area contributed by atoms with Crippen LogP contribution in [0.5, 0.6) is 23.0 Å². The van der Waals surface area contributed by atoms with Gasteiger partial charge in [-0.15, -0.1) is 0 Å². The van der Waals surface area contributed by atoms with Crippen molar-refractivity contribution in [3.05, 3.63) is 146 Å². The number of pyridine rings is 4. The van der Waals surface area contributed by atoms with E-state index in [9.17, 15) is 0 Å². The molecule has 4 heterocycles. The molecule has 8 rings (SSSR count). The SMILES string of the molecule is c1cnc2c([O][Sn]([O]c3cccc4cccnc34)([O]c3cccc4cccnc34)[O]c3cccc4cccnc34)cccc2c1. The molecule has 0 saturated carbocycles. The van der Waals surface area contributed by atoms with E-state index < -0.39 is 20.0 Å². The van der Waals surface area contributed by atoms with Crippen molar-refractivity contribution >= 4 is 63.6 Å². The zero-order chi connectivity index (χ0) is 30.1. The monoisotopic (exact) mass is 696 g/mol. The summed E-state index contributed by atoms with van der Waals surface area (Å²) in [4.78, 5) is 18.6. The van der Waals surface area contributed by atoms with E-state index in [2.05, 4.69) is 19.9 Å². The second kappa shape index (κ2) is 11.5. The first kappa shape index (κ1) is 27.1. The summed E-state index contributed by atoms with van der Waals surface area (Å²) >= 11 is -5.48. The van der Waals surface area contributed by atoms with E-state index in [4.69, 9.17) is 12.3 Å². The van der Waals surface area contributed by atoms with Crippen molar-refractivity contribution in [3.63, 3.8) is 0 Å². The first-order valence-electron chi connectivity index (χ1n) is 14.4. The summed E-state index contributed by atoms with van der Waals surface area (Å²) in [6, 6.07) is 38.4. The molecule has 0 aliphatic carbocycles. The van der Waals surface area contributed by atoms with Crippen molar-refractivity contribution in [2.24, 2.45) is 0 Å². The first-order valence-corrected chi connectivity index (χ1v) is 19.0. The molecule has 0 unspecified atom stereocenters. The predicted octanol–water partition coefficient (Wildman–Crippen LogP) is 7.93. The van der Waals surface area contributed by atoms with Gasteiger partial charge in [-0.1, -0.05) is 0 Å². The molecule has 0 aliphatic heterocycles. The number of fused-ring (bicyclic) bond motifs is 4. The molecule has 0 fully saturated rings. The van der Waals surface area contributed by atoms with Gasteiger partial charge in [-0.3, -0.25) is 0 Å². The molecule has 0 spiro atoms. The van der Waals surface area contributed by atoms with Crippen molar-refractivity contribution in [2.75, 3.05) is 0 Å². The number of aromatic nitrogens is 4. The van der Waals surface area contributed by atoms with E-state index in [0.29, 0.717) is 45.1 Å². The quantitative estimate of drug-likeness (QED) is 0.148. The van der Waals surface area contributed by atoms with Crippen molar-refractivity contribution in [1.29, 1.82) is 0 Å². The molecule has 216 valence electrons. The second-order valence-electron chi connectivity index (χ2n) is 10.2. The molecule has 0 radical (unpaired) electrons. The number of rotatable bonds is 8. The third-order valence-corrected chi connectivity index (χ3v) is 12.7. The number of hydrogen-bond donors (Lipinski definition) is 0. The normalized spacial score (nSPS) is 11.6. The zero-order valence-corrected chi connectivity index (χ0v) is 26.6. The van der Waals surface area contributed by atoms with Crippen LogP contribution in [0.2, 0.25) is 0 Å². The number of para-hydroxylation sites is 4. The second-order valence-corrected chi connectivity index (χ2v) is 15.4. The molecule has 9 heteroatoms. The molecule has 0 amide bonds. The van der Waals surface area contributed by atoms with Gasteiger partial charge in [0.25, 0.3) is 0 Å². The van der Waals surface area contributed by atoms with Crippen LogP contribution in [0, 0.1) is 0 Å². The van der Waals surface area contributed by atoms with E-state index in [1.165, 1.54) is 0 Å². The van der Waals surface area contributed by atoms with Gasteiger partial charge < -0.3 is 0 Å². The minimum absolute atomic E-state index is 0.471. The Balaban J connectivity index is 1.38. The maximum absolute atomic E-state index is 6.97. The summed E-state index contributed by atoms with van der Waals surface area (Å²) in [5.74, 6) is 1.88. The number of benzene rings is 4. The molecular formula is C36H24N4O4Sn. The molecule has 0 bridgehead atoms. The third kappa shape index (κ3) is 5.29. The van der Waals surface area contributed by atoms with Crippen LogP contribution in [0.4, 0.5) is 0 Å². The number of nitrogens with zero attached hydrogens (tertiary/aromatic N) is 4. The fraction of sp³-hybridized carbons (Fsp3) is 0. The van der Waals surface area contributed by atoms with Gasteiger partial charge in [0.2, 0.25) is 0 Å². The van der Waals surface area contributed by atoms with Crippen LogP contribution >= 0.6 is 0 Å². The Morgan fingerprint density at radius 3 is 0.822 bits per heavy atom. The zero-order valence-electron chi connectivity index (χ0n) is 23.8. The molecule has 4 aromatic heterocycles. The van der Waals surface area contributed by atoms with Crippen LogP contribution in [-0.4, -0.2) is 40.0 Å². The molecule has 0 N–H and O–H groups in total. The fourth-order valence-corrected chi connectivity index (χ4v) is 11.0. The third-order valence-electron chi connectivity index (χ3n) is 7.32. The minimum atomic E-state index is -5.48. The van der Waals surface area contributed by atoms with Gasteiger partial charge >= 0.3 is 265 Å². The Morgan fingerprint density at radius 2 is 0.556 bits per heavy atom. The van der Waals surface area contributed by atoms with Crippen LogP contribution < -0.4 is 12.3 Å². The Kier molecular flexibility index (Phi) is 6.95. The van der Waals surface area contributed by atoms with E-state index >= 15 is 0 Å².